The molecule has 0 radical (unpaired) electrons. The van der Waals surface area contributed by atoms with E-state index in [1.807, 2.05) is 18.2 Å². The van der Waals surface area contributed by atoms with E-state index >= 15 is 0 Å². The Kier molecular flexibility index (Phi) is 11.4. The second-order valence-corrected chi connectivity index (χ2v) is 11.0. The van der Waals surface area contributed by atoms with Gasteiger partial charge in [0.1, 0.15) is 18.1 Å². The fourth-order valence-corrected chi connectivity index (χ4v) is 6.10. The number of hydrogen-bond donors (Lipinski definition) is 1. The Morgan fingerprint density at radius 1 is 0.784 bits per heavy atom. The van der Waals surface area contributed by atoms with Crippen molar-refractivity contribution in [3.05, 3.63) is 59.7 Å². The molecule has 0 saturated carbocycles. The van der Waals surface area contributed by atoms with Crippen molar-refractivity contribution in [3.63, 3.8) is 0 Å². The Morgan fingerprint density at radius 2 is 1.32 bits per heavy atom. The van der Waals surface area contributed by atoms with E-state index in [0.29, 0.717) is 18.9 Å². The summed E-state index contributed by atoms with van der Waals surface area (Å²) in [6, 6.07) is 16.7. The number of unbranched alkanes of at least 4 members (excludes halogenated alkanes) is 12. The van der Waals surface area contributed by atoms with Gasteiger partial charge in [-0.1, -0.05) is 120 Å². The van der Waals surface area contributed by atoms with Crippen LogP contribution in [-0.4, -0.2) is 25.2 Å². The van der Waals surface area contributed by atoms with E-state index in [-0.39, 0.29) is 17.9 Å². The van der Waals surface area contributed by atoms with E-state index in [4.69, 9.17) is 9.47 Å². The number of nitrogens with one attached hydrogen (secondary N) is 1. The quantitative estimate of drug-likeness (QED) is 0.183. The number of rotatable bonds is 16. The number of carbonyl (C=O) groups is 1. The van der Waals surface area contributed by atoms with Gasteiger partial charge < -0.3 is 14.8 Å². The maximum atomic E-state index is 12.5. The average molecular weight is 506 g/mol. The molecule has 4 heteroatoms. The van der Waals surface area contributed by atoms with Gasteiger partial charge in [-0.05, 0) is 24.1 Å². The monoisotopic (exact) mass is 505 g/mol. The van der Waals surface area contributed by atoms with E-state index in [1.54, 1.807) is 0 Å². The Hall–Kier alpha value is -2.33. The maximum absolute atomic E-state index is 12.5. The molecule has 2 aliphatic rings. The van der Waals surface area contributed by atoms with Crippen molar-refractivity contribution >= 4 is 5.97 Å². The molecule has 4 nitrogen and oxygen atoms in total. The Bertz CT molecular complexity index is 958. The van der Waals surface area contributed by atoms with E-state index in [2.05, 4.69) is 42.6 Å². The SMILES string of the molecule is CCCCCCCCCCCCCCCC(=O)OCC1NCC2c3ccccc3Oc3ccccc3C12. The first-order valence-corrected chi connectivity index (χ1v) is 15.0. The van der Waals surface area contributed by atoms with Crippen LogP contribution in [0.15, 0.2) is 48.5 Å². The maximum Gasteiger partial charge on any atom is 0.305 e. The van der Waals surface area contributed by atoms with Gasteiger partial charge in [0.25, 0.3) is 0 Å². The zero-order valence-corrected chi connectivity index (χ0v) is 22.9. The molecule has 4 rings (SSSR count). The Morgan fingerprint density at radius 3 is 1.97 bits per heavy atom. The van der Waals surface area contributed by atoms with Gasteiger partial charge in [0, 0.05) is 36.4 Å². The zero-order chi connectivity index (χ0) is 25.7. The van der Waals surface area contributed by atoms with Crippen molar-refractivity contribution in [1.82, 2.24) is 5.32 Å². The molecule has 2 aromatic carbocycles. The van der Waals surface area contributed by atoms with Gasteiger partial charge in [-0.3, -0.25) is 4.79 Å². The van der Waals surface area contributed by atoms with Crippen LogP contribution in [0.25, 0.3) is 0 Å². The molecule has 1 N–H and O–H groups in total. The first-order valence-electron chi connectivity index (χ1n) is 15.0. The number of hydrogen-bond acceptors (Lipinski definition) is 4. The lowest BCUT2D eigenvalue weighted by Crippen LogP contribution is -2.32. The van der Waals surface area contributed by atoms with E-state index in [0.717, 1.165) is 30.9 Å². The van der Waals surface area contributed by atoms with Crippen LogP contribution in [0.4, 0.5) is 0 Å². The van der Waals surface area contributed by atoms with Crippen LogP contribution in [0.3, 0.4) is 0 Å². The molecule has 0 aromatic heterocycles. The van der Waals surface area contributed by atoms with Crippen LogP contribution in [0.5, 0.6) is 11.5 Å². The lowest BCUT2D eigenvalue weighted by Gasteiger charge is -2.23. The average Bonchev–Trinajstić information content (AvgIpc) is 3.28. The second-order valence-electron chi connectivity index (χ2n) is 11.0. The predicted molar refractivity (Wildman–Crippen MR) is 152 cm³/mol. The number of para-hydroxylation sites is 2. The Labute approximate surface area is 224 Å². The molecule has 0 amide bonds. The lowest BCUT2D eigenvalue weighted by atomic mass is 9.80. The number of benzene rings is 2. The van der Waals surface area contributed by atoms with Crippen molar-refractivity contribution in [2.45, 2.75) is 115 Å². The molecule has 37 heavy (non-hydrogen) atoms. The molecule has 2 aromatic rings. The van der Waals surface area contributed by atoms with Crippen molar-refractivity contribution in [1.29, 1.82) is 0 Å². The van der Waals surface area contributed by atoms with Crippen molar-refractivity contribution < 1.29 is 14.3 Å². The summed E-state index contributed by atoms with van der Waals surface area (Å²) >= 11 is 0. The van der Waals surface area contributed by atoms with Crippen LogP contribution in [0.1, 0.15) is 120 Å². The first-order chi connectivity index (χ1) is 18.3. The normalized spacial score (nSPS) is 19.9. The molecule has 1 saturated heterocycles. The second kappa shape index (κ2) is 15.2. The minimum Gasteiger partial charge on any atom is -0.464 e. The van der Waals surface area contributed by atoms with Crippen molar-refractivity contribution in [2.75, 3.05) is 13.2 Å². The largest absolute Gasteiger partial charge is 0.464 e. The molecular weight excluding hydrogens is 458 g/mol. The summed E-state index contributed by atoms with van der Waals surface area (Å²) in [6.45, 7) is 3.55. The highest BCUT2D eigenvalue weighted by Crippen LogP contribution is 2.49. The van der Waals surface area contributed by atoms with E-state index in [9.17, 15) is 4.79 Å². The molecule has 0 aliphatic carbocycles. The fraction of sp³-hybridized carbons (Fsp3) is 0.606. The topological polar surface area (TPSA) is 47.6 Å². The highest BCUT2D eigenvalue weighted by molar-refractivity contribution is 5.69. The van der Waals surface area contributed by atoms with Gasteiger partial charge in [-0.15, -0.1) is 0 Å². The van der Waals surface area contributed by atoms with Gasteiger partial charge in [-0.2, -0.15) is 0 Å². The summed E-state index contributed by atoms with van der Waals surface area (Å²) in [7, 11) is 0. The summed E-state index contributed by atoms with van der Waals surface area (Å²) in [4.78, 5) is 12.5. The van der Waals surface area contributed by atoms with Crippen LogP contribution in [0.2, 0.25) is 0 Å². The zero-order valence-electron chi connectivity index (χ0n) is 22.9. The third-order valence-electron chi connectivity index (χ3n) is 8.19. The number of carbonyl (C=O) groups excluding carboxylic acids is 1. The third kappa shape index (κ3) is 8.07. The minimum absolute atomic E-state index is 0.0631. The molecule has 202 valence electrons. The summed E-state index contributed by atoms with van der Waals surface area (Å²) in [6.07, 6.45) is 17.6. The third-order valence-corrected chi connectivity index (χ3v) is 8.19. The van der Waals surface area contributed by atoms with Crippen molar-refractivity contribution in [3.8, 4) is 11.5 Å². The highest BCUT2D eigenvalue weighted by atomic mass is 16.5. The van der Waals surface area contributed by atoms with E-state index < -0.39 is 0 Å². The smallest absolute Gasteiger partial charge is 0.305 e. The van der Waals surface area contributed by atoms with Gasteiger partial charge >= 0.3 is 5.97 Å². The summed E-state index contributed by atoms with van der Waals surface area (Å²) in [5.74, 6) is 2.32. The molecule has 2 heterocycles. The fourth-order valence-electron chi connectivity index (χ4n) is 6.10. The lowest BCUT2D eigenvalue weighted by molar-refractivity contribution is -0.144. The number of esters is 1. The van der Waals surface area contributed by atoms with Gasteiger partial charge in [0.05, 0.1) is 0 Å². The van der Waals surface area contributed by atoms with Gasteiger partial charge in [0.2, 0.25) is 0 Å². The molecule has 0 spiro atoms. The summed E-state index contributed by atoms with van der Waals surface area (Å²) < 4.78 is 12.1. The van der Waals surface area contributed by atoms with Crippen LogP contribution in [0, 0.1) is 0 Å². The van der Waals surface area contributed by atoms with Crippen LogP contribution < -0.4 is 10.1 Å². The van der Waals surface area contributed by atoms with Crippen LogP contribution >= 0.6 is 0 Å². The highest BCUT2D eigenvalue weighted by Gasteiger charge is 2.42. The molecule has 0 bridgehead atoms. The van der Waals surface area contributed by atoms with Gasteiger partial charge in [-0.25, -0.2) is 0 Å². The van der Waals surface area contributed by atoms with Gasteiger partial charge in [0.15, 0.2) is 0 Å². The van der Waals surface area contributed by atoms with E-state index in [1.165, 1.54) is 81.8 Å². The van der Waals surface area contributed by atoms with Crippen LogP contribution in [-0.2, 0) is 9.53 Å². The number of ether oxygens (including phenoxy) is 2. The molecule has 3 unspecified atom stereocenters. The first kappa shape index (κ1) is 27.7. The minimum atomic E-state index is -0.0631. The molecule has 2 aliphatic heterocycles. The van der Waals surface area contributed by atoms with Crippen molar-refractivity contribution in [2.24, 2.45) is 0 Å². The molecule has 3 atom stereocenters. The summed E-state index contributed by atoms with van der Waals surface area (Å²) in [5, 5.41) is 3.65. The standard InChI is InChI=1S/C33H47NO3/c1-2-3-4-5-6-7-8-9-10-11-12-13-14-23-32(35)36-25-29-33-27-20-16-18-22-31(27)37-30-21-17-15-19-26(30)28(33)24-34-29/h15-22,28-29,33-34H,2-14,23-25H2,1H3. The number of fused-ring (bicyclic) bond motifs is 5. The Balaban J connectivity index is 1.13. The summed E-state index contributed by atoms with van der Waals surface area (Å²) in [5.41, 5.74) is 2.43. The molecule has 1 fully saturated rings. The molecular formula is C33H47NO3. The predicted octanol–water partition coefficient (Wildman–Crippen LogP) is 8.66.